The topological polar surface area (TPSA) is 81.1 Å². The van der Waals surface area contributed by atoms with Gasteiger partial charge in [-0.15, -0.1) is 0 Å². The Hall–Kier alpha value is -1.86. The fraction of sp³-hybridized carbons (Fsp3) is 0.231. The van der Waals surface area contributed by atoms with Crippen LogP contribution in [0.5, 0.6) is 0 Å². The average Bonchev–Trinajstić information content (AvgIpc) is 2.79. The van der Waals surface area contributed by atoms with Gasteiger partial charge in [-0.05, 0) is 37.1 Å². The van der Waals surface area contributed by atoms with Crippen molar-refractivity contribution < 1.29 is 13.2 Å². The van der Waals surface area contributed by atoms with E-state index in [4.69, 9.17) is 10.7 Å². The number of amides is 1. The molecule has 1 aromatic heterocycles. The number of aromatic nitrogens is 2. The summed E-state index contributed by atoms with van der Waals surface area (Å²) in [5.41, 5.74) is 2.22. The Labute approximate surface area is 127 Å². The number of benzene rings is 1. The number of carbonyl (C=O) groups excluding carboxylic acids is 1. The van der Waals surface area contributed by atoms with Crippen LogP contribution in [0.15, 0.2) is 29.4 Å². The number of anilines is 1. The van der Waals surface area contributed by atoms with Crippen LogP contribution in [-0.4, -0.2) is 24.1 Å². The van der Waals surface area contributed by atoms with Crippen molar-refractivity contribution in [3.05, 3.63) is 41.2 Å². The molecule has 0 aliphatic rings. The zero-order valence-corrected chi connectivity index (χ0v) is 13.3. The van der Waals surface area contributed by atoms with E-state index in [1.807, 2.05) is 0 Å². The van der Waals surface area contributed by atoms with Crippen LogP contribution >= 0.6 is 10.7 Å². The van der Waals surface area contributed by atoms with Gasteiger partial charge in [0.05, 0.1) is 16.7 Å². The van der Waals surface area contributed by atoms with Crippen molar-refractivity contribution >= 4 is 31.3 Å². The molecule has 0 aliphatic heterocycles. The Kier molecular flexibility index (Phi) is 4.06. The maximum Gasteiger partial charge on any atom is 0.261 e. The van der Waals surface area contributed by atoms with Gasteiger partial charge in [0.2, 0.25) is 0 Å². The van der Waals surface area contributed by atoms with Crippen molar-refractivity contribution in [1.29, 1.82) is 0 Å². The van der Waals surface area contributed by atoms with Crippen LogP contribution in [-0.2, 0) is 16.1 Å². The lowest BCUT2D eigenvalue weighted by Crippen LogP contribution is -2.13. The van der Waals surface area contributed by atoms with E-state index in [0.717, 1.165) is 0 Å². The molecule has 2 rings (SSSR count). The molecule has 0 bridgehead atoms. The molecule has 0 spiro atoms. The normalized spacial score (nSPS) is 11.4. The van der Waals surface area contributed by atoms with Crippen LogP contribution < -0.4 is 5.32 Å². The molecule has 0 fully saturated rings. The van der Waals surface area contributed by atoms with E-state index in [1.165, 1.54) is 23.0 Å². The van der Waals surface area contributed by atoms with Gasteiger partial charge in [0.1, 0.15) is 0 Å². The maximum absolute atomic E-state index is 12.1. The van der Waals surface area contributed by atoms with Crippen LogP contribution in [0.4, 0.5) is 5.69 Å². The second-order valence-corrected chi connectivity index (χ2v) is 7.29. The van der Waals surface area contributed by atoms with Crippen molar-refractivity contribution in [3.63, 3.8) is 0 Å². The first-order valence-electron chi connectivity index (χ1n) is 6.04. The average molecular weight is 328 g/mol. The fourth-order valence-corrected chi connectivity index (χ4v) is 2.89. The van der Waals surface area contributed by atoms with Crippen LogP contribution in [0.3, 0.4) is 0 Å². The van der Waals surface area contributed by atoms with Crippen LogP contribution in [0.2, 0.25) is 0 Å². The van der Waals surface area contributed by atoms with Gasteiger partial charge in [0.15, 0.2) is 0 Å². The number of hydrogen-bond donors (Lipinski definition) is 1. The van der Waals surface area contributed by atoms with Crippen molar-refractivity contribution in [2.75, 3.05) is 5.32 Å². The van der Waals surface area contributed by atoms with Gasteiger partial charge in [0.25, 0.3) is 15.0 Å². The first-order chi connectivity index (χ1) is 9.68. The number of nitrogens with zero attached hydrogens (tertiary/aromatic N) is 2. The summed E-state index contributed by atoms with van der Waals surface area (Å²) in [6.45, 7) is 3.41. The lowest BCUT2D eigenvalue weighted by atomic mass is 10.1. The summed E-state index contributed by atoms with van der Waals surface area (Å²) < 4.78 is 24.2. The highest BCUT2D eigenvalue weighted by Gasteiger charge is 2.16. The van der Waals surface area contributed by atoms with E-state index >= 15 is 0 Å². The molecule has 1 amide bonds. The molecule has 1 N–H and O–H groups in total. The van der Waals surface area contributed by atoms with Crippen molar-refractivity contribution in [3.8, 4) is 0 Å². The summed E-state index contributed by atoms with van der Waals surface area (Å²) in [4.78, 5) is 12.1. The third-order valence-corrected chi connectivity index (χ3v) is 4.33. The molecule has 1 aromatic carbocycles. The third-order valence-electron chi connectivity index (χ3n) is 2.99. The van der Waals surface area contributed by atoms with Gasteiger partial charge in [-0.1, -0.05) is 0 Å². The van der Waals surface area contributed by atoms with E-state index in [1.54, 1.807) is 27.1 Å². The van der Waals surface area contributed by atoms with Gasteiger partial charge in [0, 0.05) is 29.6 Å². The molecule has 0 saturated carbocycles. The summed E-state index contributed by atoms with van der Waals surface area (Å²) in [5, 5.41) is 6.69. The summed E-state index contributed by atoms with van der Waals surface area (Å²) in [7, 11) is 3.25. The Morgan fingerprint density at radius 2 is 1.86 bits per heavy atom. The molecule has 112 valence electrons. The molecule has 21 heavy (non-hydrogen) atoms. The minimum atomic E-state index is -3.80. The second-order valence-electron chi connectivity index (χ2n) is 4.73. The standard InChI is InChI=1S/C13H14ClN3O3S/c1-8-4-11(21(14,19)20)5-9(2)12(8)16-13(18)10-6-15-17(3)7-10/h4-7H,1-3H3,(H,16,18). The highest BCUT2D eigenvalue weighted by Crippen LogP contribution is 2.26. The minimum absolute atomic E-state index is 0.0125. The van der Waals surface area contributed by atoms with Crippen LogP contribution in [0.25, 0.3) is 0 Å². The summed E-state index contributed by atoms with van der Waals surface area (Å²) in [5.74, 6) is -0.309. The smallest absolute Gasteiger partial charge is 0.261 e. The van der Waals surface area contributed by atoms with E-state index in [0.29, 0.717) is 22.4 Å². The van der Waals surface area contributed by atoms with Crippen LogP contribution in [0.1, 0.15) is 21.5 Å². The molecule has 0 unspecified atom stereocenters. The molecule has 1 heterocycles. The SMILES string of the molecule is Cc1cc(S(=O)(=O)Cl)cc(C)c1NC(=O)c1cnn(C)c1. The molecule has 0 atom stereocenters. The maximum atomic E-state index is 12.1. The first-order valence-corrected chi connectivity index (χ1v) is 8.35. The van der Waals surface area contributed by atoms with Gasteiger partial charge in [-0.2, -0.15) is 5.10 Å². The number of hydrogen-bond acceptors (Lipinski definition) is 4. The molecule has 8 heteroatoms. The van der Waals surface area contributed by atoms with Gasteiger partial charge in [-0.3, -0.25) is 9.48 Å². The van der Waals surface area contributed by atoms with Crippen LogP contribution in [0, 0.1) is 13.8 Å². The number of carbonyl (C=O) groups is 1. The van der Waals surface area contributed by atoms with Crippen molar-refractivity contribution in [1.82, 2.24) is 9.78 Å². The van der Waals surface area contributed by atoms with Crippen molar-refractivity contribution in [2.45, 2.75) is 18.7 Å². The molecule has 0 aliphatic carbocycles. The largest absolute Gasteiger partial charge is 0.321 e. The monoisotopic (exact) mass is 327 g/mol. The molecule has 6 nitrogen and oxygen atoms in total. The predicted octanol–water partition coefficient (Wildman–Crippen LogP) is 2.22. The third kappa shape index (κ3) is 3.43. The lowest BCUT2D eigenvalue weighted by molar-refractivity contribution is 0.102. The first kappa shape index (κ1) is 15.5. The minimum Gasteiger partial charge on any atom is -0.321 e. The zero-order chi connectivity index (χ0) is 15.8. The highest BCUT2D eigenvalue weighted by atomic mass is 35.7. The molecule has 0 radical (unpaired) electrons. The summed E-state index contributed by atoms with van der Waals surface area (Å²) in [6, 6.07) is 2.85. The summed E-state index contributed by atoms with van der Waals surface area (Å²) >= 11 is 0. The number of halogens is 1. The number of rotatable bonds is 3. The predicted molar refractivity (Wildman–Crippen MR) is 80.1 cm³/mol. The lowest BCUT2D eigenvalue weighted by Gasteiger charge is -2.12. The fourth-order valence-electron chi connectivity index (χ4n) is 1.99. The number of nitrogens with one attached hydrogen (secondary N) is 1. The Morgan fingerprint density at radius 3 is 2.29 bits per heavy atom. The van der Waals surface area contributed by atoms with E-state index in [-0.39, 0.29) is 10.8 Å². The van der Waals surface area contributed by atoms with Gasteiger partial charge >= 0.3 is 0 Å². The Bertz CT molecular complexity index is 789. The molecular formula is C13H14ClN3O3S. The quantitative estimate of drug-likeness (QED) is 0.876. The van der Waals surface area contributed by atoms with Gasteiger partial charge < -0.3 is 5.32 Å². The van der Waals surface area contributed by atoms with E-state index in [2.05, 4.69) is 10.4 Å². The zero-order valence-electron chi connectivity index (χ0n) is 11.7. The highest BCUT2D eigenvalue weighted by molar-refractivity contribution is 8.13. The second kappa shape index (κ2) is 5.50. The number of aryl methyl sites for hydroxylation is 3. The van der Waals surface area contributed by atoms with Gasteiger partial charge in [-0.25, -0.2) is 8.42 Å². The Balaban J connectivity index is 2.35. The Morgan fingerprint density at radius 1 is 1.29 bits per heavy atom. The van der Waals surface area contributed by atoms with E-state index in [9.17, 15) is 13.2 Å². The molecule has 0 saturated heterocycles. The summed E-state index contributed by atoms with van der Waals surface area (Å²) in [6.07, 6.45) is 3.05. The molecular weight excluding hydrogens is 314 g/mol. The molecule has 2 aromatic rings. The van der Waals surface area contributed by atoms with E-state index < -0.39 is 9.05 Å². The van der Waals surface area contributed by atoms with Crippen molar-refractivity contribution in [2.24, 2.45) is 7.05 Å².